The number of para-hydroxylation sites is 1. The van der Waals surface area contributed by atoms with Crippen molar-refractivity contribution in [1.82, 2.24) is 4.98 Å². The Hall–Kier alpha value is -1.72. The van der Waals surface area contributed by atoms with Gasteiger partial charge in [0.1, 0.15) is 0 Å². The summed E-state index contributed by atoms with van der Waals surface area (Å²) in [4.78, 5) is 17.0. The molecule has 1 aromatic carbocycles. The molecule has 5 heteroatoms. The highest BCUT2D eigenvalue weighted by Crippen LogP contribution is 2.68. The summed E-state index contributed by atoms with van der Waals surface area (Å²) in [6.45, 7) is 7.20. The topological polar surface area (TPSA) is 83.6 Å². The lowest BCUT2D eigenvalue weighted by Crippen LogP contribution is -2.58. The number of nitrogens with zero attached hydrogens (tertiary/aromatic N) is 1. The van der Waals surface area contributed by atoms with Crippen molar-refractivity contribution in [2.75, 3.05) is 0 Å². The maximum absolute atomic E-state index is 12.4. The minimum absolute atomic E-state index is 0.0460. The first-order chi connectivity index (χ1) is 17.2. The van der Waals surface area contributed by atoms with Gasteiger partial charge in [0.05, 0.1) is 23.1 Å². The fourth-order valence-corrected chi connectivity index (χ4v) is 9.88. The largest absolute Gasteiger partial charge is 0.408 e. The summed E-state index contributed by atoms with van der Waals surface area (Å²) in [5, 5.41) is 22.6. The van der Waals surface area contributed by atoms with Crippen LogP contribution in [0.25, 0.3) is 10.9 Å². The Balaban J connectivity index is 1.19. The Labute approximate surface area is 214 Å². The predicted molar refractivity (Wildman–Crippen MR) is 140 cm³/mol. The van der Waals surface area contributed by atoms with Gasteiger partial charge in [-0.05, 0) is 116 Å². The van der Waals surface area contributed by atoms with E-state index in [0.717, 1.165) is 32.1 Å². The highest BCUT2D eigenvalue weighted by atomic mass is 16.4. The molecule has 0 aliphatic heterocycles. The molecule has 0 bridgehead atoms. The van der Waals surface area contributed by atoms with Crippen LogP contribution >= 0.6 is 0 Å². The zero-order chi connectivity index (χ0) is 25.2. The molecule has 4 fully saturated rings. The zero-order valence-electron chi connectivity index (χ0n) is 22.2. The van der Waals surface area contributed by atoms with Gasteiger partial charge in [-0.15, -0.1) is 0 Å². The first-order valence-electron chi connectivity index (χ1n) is 14.5. The summed E-state index contributed by atoms with van der Waals surface area (Å²) in [6, 6.07) is 7.38. The number of aliphatic hydroxyl groups is 2. The Morgan fingerprint density at radius 2 is 1.86 bits per heavy atom. The molecule has 2 N–H and O–H groups in total. The molecule has 1 heterocycles. The molecule has 6 rings (SSSR count). The second-order valence-corrected chi connectivity index (χ2v) is 13.3. The Bertz CT molecular complexity index is 1180. The number of aryl methyl sites for hydroxylation is 1. The summed E-state index contributed by atoms with van der Waals surface area (Å²) in [7, 11) is 0. The zero-order valence-corrected chi connectivity index (χ0v) is 22.2. The van der Waals surface area contributed by atoms with Crippen LogP contribution in [0.15, 0.2) is 33.5 Å². The number of fused-ring (bicyclic) bond motifs is 6. The van der Waals surface area contributed by atoms with E-state index in [1.165, 1.54) is 25.7 Å². The SMILES string of the molecule is C[C@H](CCc1nc2ccccc2c(=O)o1)[C@H]1CC[C@H]2[C@@H]3CC[C@@H]4C[C@H](O)CC[C@]4(C)C3C[C@H](O)[C@]12C. The molecule has 0 saturated heterocycles. The minimum Gasteiger partial charge on any atom is -0.408 e. The number of hydrogen-bond acceptors (Lipinski definition) is 5. The van der Waals surface area contributed by atoms with Crippen molar-refractivity contribution < 1.29 is 14.6 Å². The van der Waals surface area contributed by atoms with Gasteiger partial charge in [0.25, 0.3) is 0 Å². The van der Waals surface area contributed by atoms with Crippen LogP contribution in [0.5, 0.6) is 0 Å². The van der Waals surface area contributed by atoms with Crippen LogP contribution in [0.3, 0.4) is 0 Å². The Kier molecular flexibility index (Phi) is 6.11. The van der Waals surface area contributed by atoms with Crippen molar-refractivity contribution >= 4 is 10.9 Å². The summed E-state index contributed by atoms with van der Waals surface area (Å²) >= 11 is 0. The third-order valence-electron chi connectivity index (χ3n) is 11.9. The van der Waals surface area contributed by atoms with Gasteiger partial charge >= 0.3 is 5.63 Å². The highest BCUT2D eigenvalue weighted by molar-refractivity contribution is 5.76. The van der Waals surface area contributed by atoms with Crippen LogP contribution in [0.2, 0.25) is 0 Å². The smallest absolute Gasteiger partial charge is 0.346 e. The molecular formula is C31H43NO4. The summed E-state index contributed by atoms with van der Waals surface area (Å²) in [6.07, 6.45) is 9.99. The van der Waals surface area contributed by atoms with Crippen LogP contribution in [0, 0.1) is 46.3 Å². The van der Waals surface area contributed by atoms with E-state index in [4.69, 9.17) is 4.42 Å². The molecule has 2 aromatic rings. The number of aliphatic hydroxyl groups excluding tert-OH is 2. The Morgan fingerprint density at radius 3 is 2.69 bits per heavy atom. The molecule has 4 saturated carbocycles. The maximum Gasteiger partial charge on any atom is 0.346 e. The molecule has 1 aromatic heterocycles. The highest BCUT2D eigenvalue weighted by Gasteiger charge is 2.63. The molecular weight excluding hydrogens is 450 g/mol. The summed E-state index contributed by atoms with van der Waals surface area (Å²) < 4.78 is 5.56. The van der Waals surface area contributed by atoms with Gasteiger partial charge < -0.3 is 14.6 Å². The van der Waals surface area contributed by atoms with E-state index in [1.54, 1.807) is 6.07 Å². The average molecular weight is 494 g/mol. The molecule has 5 nitrogen and oxygen atoms in total. The van der Waals surface area contributed by atoms with Gasteiger partial charge in [-0.3, -0.25) is 0 Å². The van der Waals surface area contributed by atoms with Crippen molar-refractivity contribution in [3.63, 3.8) is 0 Å². The lowest BCUT2D eigenvalue weighted by Gasteiger charge is -2.62. The molecule has 4 aliphatic carbocycles. The van der Waals surface area contributed by atoms with E-state index in [1.807, 2.05) is 18.2 Å². The van der Waals surface area contributed by atoms with Gasteiger partial charge in [0.2, 0.25) is 0 Å². The monoisotopic (exact) mass is 493 g/mol. The molecule has 10 atom stereocenters. The molecule has 4 aliphatic rings. The number of hydrogen-bond donors (Lipinski definition) is 2. The van der Waals surface area contributed by atoms with Crippen molar-refractivity contribution in [3.8, 4) is 0 Å². The predicted octanol–water partition coefficient (Wildman–Crippen LogP) is 5.75. The Morgan fingerprint density at radius 1 is 1.06 bits per heavy atom. The van der Waals surface area contributed by atoms with E-state index in [0.29, 0.717) is 58.7 Å². The van der Waals surface area contributed by atoms with Crippen LogP contribution in [0.4, 0.5) is 0 Å². The summed E-state index contributed by atoms with van der Waals surface area (Å²) in [5.74, 6) is 3.92. The van der Waals surface area contributed by atoms with Crippen LogP contribution < -0.4 is 5.63 Å². The van der Waals surface area contributed by atoms with Crippen molar-refractivity contribution in [3.05, 3.63) is 40.6 Å². The number of rotatable bonds is 4. The van der Waals surface area contributed by atoms with Gasteiger partial charge in [-0.2, -0.15) is 0 Å². The quantitative estimate of drug-likeness (QED) is 0.567. The fraction of sp³-hybridized carbons (Fsp3) is 0.742. The van der Waals surface area contributed by atoms with Crippen molar-refractivity contribution in [2.45, 2.75) is 97.2 Å². The van der Waals surface area contributed by atoms with Gasteiger partial charge in [-0.1, -0.05) is 32.9 Å². The second-order valence-electron chi connectivity index (χ2n) is 13.3. The third kappa shape index (κ3) is 3.71. The van der Waals surface area contributed by atoms with Crippen LogP contribution in [-0.4, -0.2) is 27.4 Å². The summed E-state index contributed by atoms with van der Waals surface area (Å²) in [5.41, 5.74) is 0.630. The van der Waals surface area contributed by atoms with Crippen molar-refractivity contribution in [2.24, 2.45) is 46.3 Å². The fourth-order valence-electron chi connectivity index (χ4n) is 9.88. The minimum atomic E-state index is -0.302. The third-order valence-corrected chi connectivity index (χ3v) is 11.9. The van der Waals surface area contributed by atoms with Gasteiger partial charge in [0, 0.05) is 6.42 Å². The van der Waals surface area contributed by atoms with E-state index in [9.17, 15) is 15.0 Å². The second kappa shape index (κ2) is 8.94. The van der Waals surface area contributed by atoms with E-state index < -0.39 is 0 Å². The molecule has 0 amide bonds. The van der Waals surface area contributed by atoms with E-state index >= 15 is 0 Å². The van der Waals surface area contributed by atoms with Crippen molar-refractivity contribution in [1.29, 1.82) is 0 Å². The standard InChI is InChI=1S/C31H43NO4/c1-18(8-13-28-32-26-7-5-4-6-22(26)29(35)36-28)23-11-12-24-21-10-9-19-16-20(33)14-15-30(19,2)25(21)17-27(34)31(23,24)3/h4-7,18-21,23-25,27,33-34H,8-17H2,1-3H3/t18-,19-,20-,21+,23-,24+,25?,27+,30+,31-/m1/s1. The van der Waals surface area contributed by atoms with Crippen LogP contribution in [-0.2, 0) is 6.42 Å². The van der Waals surface area contributed by atoms with E-state index in [-0.39, 0.29) is 28.7 Å². The lowest BCUT2D eigenvalue weighted by molar-refractivity contribution is -0.174. The van der Waals surface area contributed by atoms with Gasteiger partial charge in [-0.25, -0.2) is 9.78 Å². The first-order valence-corrected chi connectivity index (χ1v) is 14.5. The average Bonchev–Trinajstić information content (AvgIpc) is 3.22. The molecule has 1 unspecified atom stereocenters. The molecule has 0 radical (unpaired) electrons. The molecule has 0 spiro atoms. The van der Waals surface area contributed by atoms with Crippen LogP contribution in [0.1, 0.15) is 84.4 Å². The maximum atomic E-state index is 12.4. The lowest BCUT2D eigenvalue weighted by atomic mass is 9.43. The first kappa shape index (κ1) is 24.6. The normalized spacial score (nSPS) is 43.0. The van der Waals surface area contributed by atoms with E-state index in [2.05, 4.69) is 25.8 Å². The van der Waals surface area contributed by atoms with Gasteiger partial charge in [0.15, 0.2) is 5.89 Å². The number of aromatic nitrogens is 1. The molecule has 36 heavy (non-hydrogen) atoms. The number of benzene rings is 1. The molecule has 196 valence electrons.